The van der Waals surface area contributed by atoms with E-state index in [0.29, 0.717) is 0 Å². The summed E-state index contributed by atoms with van der Waals surface area (Å²) in [4.78, 5) is 0. The quantitative estimate of drug-likeness (QED) is 0.177. The summed E-state index contributed by atoms with van der Waals surface area (Å²) in [5, 5.41) is 7.69. The molecule has 0 aromatic heterocycles. The van der Waals surface area contributed by atoms with Crippen molar-refractivity contribution < 1.29 is 0 Å². The number of rotatable bonds is 3. The Hall–Kier alpha value is -5.46. The maximum Gasteiger partial charge on any atom is 0.0158 e. The van der Waals surface area contributed by atoms with E-state index in [2.05, 4.69) is 173 Å². The molecule has 0 spiro atoms. The molecule has 0 amide bonds. The molecule has 0 heteroatoms. The topological polar surface area (TPSA) is 0 Å². The van der Waals surface area contributed by atoms with Crippen LogP contribution in [-0.4, -0.2) is 0 Å². The van der Waals surface area contributed by atoms with Gasteiger partial charge in [0.1, 0.15) is 0 Å². The fourth-order valence-corrected chi connectivity index (χ4v) is 8.22. The Kier molecular flexibility index (Phi) is 6.08. The van der Waals surface area contributed by atoms with Gasteiger partial charge in [-0.15, -0.1) is 0 Å². The van der Waals surface area contributed by atoms with Crippen molar-refractivity contribution in [1.29, 1.82) is 0 Å². The van der Waals surface area contributed by atoms with Crippen LogP contribution >= 0.6 is 0 Å². The summed E-state index contributed by atoms with van der Waals surface area (Å²) in [6.45, 7) is 9.14. The SMILES string of the molecule is Cc1ccc(-c2c3ccccc3c(-c3ccc4c(c3)-c3ccccc3C4(C)C)c3cc(-c4cccc5ccccc45)ccc23)cc1C. The van der Waals surface area contributed by atoms with Gasteiger partial charge in [0.25, 0.3) is 0 Å². The second kappa shape index (κ2) is 10.3. The van der Waals surface area contributed by atoms with Crippen LogP contribution in [-0.2, 0) is 5.41 Å². The maximum atomic E-state index is 2.46. The number of benzene rings is 8. The Balaban J connectivity index is 1.40. The minimum atomic E-state index is -0.0245. The van der Waals surface area contributed by atoms with Crippen LogP contribution in [0.4, 0.5) is 0 Å². The van der Waals surface area contributed by atoms with Crippen molar-refractivity contribution in [2.75, 3.05) is 0 Å². The van der Waals surface area contributed by atoms with Gasteiger partial charge < -0.3 is 0 Å². The van der Waals surface area contributed by atoms with Gasteiger partial charge in [0, 0.05) is 5.41 Å². The van der Waals surface area contributed by atoms with Crippen molar-refractivity contribution in [3.63, 3.8) is 0 Å². The summed E-state index contributed by atoms with van der Waals surface area (Å²) >= 11 is 0. The van der Waals surface area contributed by atoms with Crippen LogP contribution in [0.15, 0.2) is 146 Å². The molecule has 0 saturated carbocycles. The van der Waals surface area contributed by atoms with Crippen LogP contribution in [0.5, 0.6) is 0 Å². The standard InChI is InChI=1S/C47H36/c1-29-20-21-33(26-30(29)2)45-38-16-7-8-17-39(38)46(34-23-25-44-41(28-34)37-15-9-10-19-43(37)47(44,3)4)42-27-32(22-24-40(42)45)36-18-11-13-31-12-5-6-14-35(31)36/h5-28H,1-4H3. The van der Waals surface area contributed by atoms with Crippen molar-refractivity contribution in [3.8, 4) is 44.5 Å². The molecular formula is C47H36. The van der Waals surface area contributed by atoms with E-state index >= 15 is 0 Å². The minimum absolute atomic E-state index is 0.0245. The van der Waals surface area contributed by atoms with Gasteiger partial charge in [-0.25, -0.2) is 0 Å². The van der Waals surface area contributed by atoms with Crippen LogP contribution in [0.3, 0.4) is 0 Å². The molecule has 0 unspecified atom stereocenters. The first-order valence-electron chi connectivity index (χ1n) is 16.7. The van der Waals surface area contributed by atoms with Gasteiger partial charge in [-0.1, -0.05) is 147 Å². The van der Waals surface area contributed by atoms with Crippen LogP contribution in [0.2, 0.25) is 0 Å². The lowest BCUT2D eigenvalue weighted by Crippen LogP contribution is -2.14. The van der Waals surface area contributed by atoms with Gasteiger partial charge in [0.15, 0.2) is 0 Å². The minimum Gasteiger partial charge on any atom is -0.0619 e. The molecule has 0 heterocycles. The van der Waals surface area contributed by atoms with Crippen LogP contribution in [0.25, 0.3) is 76.8 Å². The second-order valence-corrected chi connectivity index (χ2v) is 13.8. The number of aryl methyl sites for hydroxylation is 2. The van der Waals surface area contributed by atoms with Gasteiger partial charge in [-0.05, 0) is 125 Å². The average Bonchev–Trinajstić information content (AvgIpc) is 3.33. The summed E-state index contributed by atoms with van der Waals surface area (Å²) < 4.78 is 0. The molecule has 0 aliphatic heterocycles. The molecule has 47 heavy (non-hydrogen) atoms. The number of hydrogen-bond acceptors (Lipinski definition) is 0. The zero-order valence-electron chi connectivity index (χ0n) is 27.4. The predicted octanol–water partition coefficient (Wildman–Crippen LogP) is 13.1. The first-order valence-corrected chi connectivity index (χ1v) is 16.7. The van der Waals surface area contributed by atoms with Crippen molar-refractivity contribution in [3.05, 3.63) is 168 Å². The molecule has 0 radical (unpaired) electrons. The third-order valence-corrected chi connectivity index (χ3v) is 10.8. The van der Waals surface area contributed by atoms with E-state index in [1.54, 1.807) is 0 Å². The monoisotopic (exact) mass is 600 g/mol. The van der Waals surface area contributed by atoms with Gasteiger partial charge >= 0.3 is 0 Å². The van der Waals surface area contributed by atoms with Crippen molar-refractivity contribution in [1.82, 2.24) is 0 Å². The fraction of sp³-hybridized carbons (Fsp3) is 0.106. The normalized spacial score (nSPS) is 13.3. The van der Waals surface area contributed by atoms with Crippen LogP contribution in [0.1, 0.15) is 36.1 Å². The second-order valence-electron chi connectivity index (χ2n) is 13.8. The molecule has 8 aromatic rings. The van der Waals surface area contributed by atoms with E-state index in [0.717, 1.165) is 0 Å². The van der Waals surface area contributed by atoms with Crippen molar-refractivity contribution in [2.24, 2.45) is 0 Å². The lowest BCUT2D eigenvalue weighted by atomic mass is 9.81. The summed E-state index contributed by atoms with van der Waals surface area (Å²) in [5.41, 5.74) is 15.8. The first-order chi connectivity index (χ1) is 22.9. The third kappa shape index (κ3) is 4.14. The molecule has 1 aliphatic carbocycles. The maximum absolute atomic E-state index is 2.46. The highest BCUT2D eigenvalue weighted by Crippen LogP contribution is 2.51. The van der Waals surface area contributed by atoms with Crippen LogP contribution < -0.4 is 0 Å². The Bertz CT molecular complexity index is 2560. The molecule has 0 fully saturated rings. The molecule has 8 aromatic carbocycles. The average molecular weight is 601 g/mol. The Morgan fingerprint density at radius 3 is 1.74 bits per heavy atom. The van der Waals surface area contributed by atoms with E-state index in [1.807, 2.05) is 0 Å². The lowest BCUT2D eigenvalue weighted by Gasteiger charge is -2.22. The molecular weight excluding hydrogens is 565 g/mol. The van der Waals surface area contributed by atoms with Crippen molar-refractivity contribution >= 4 is 32.3 Å². The Morgan fingerprint density at radius 1 is 0.362 bits per heavy atom. The smallest absolute Gasteiger partial charge is 0.0158 e. The zero-order chi connectivity index (χ0) is 31.9. The van der Waals surface area contributed by atoms with E-state index < -0.39 is 0 Å². The third-order valence-electron chi connectivity index (χ3n) is 10.8. The number of fused-ring (bicyclic) bond motifs is 6. The molecule has 0 bridgehead atoms. The molecule has 224 valence electrons. The van der Waals surface area contributed by atoms with E-state index in [4.69, 9.17) is 0 Å². The Morgan fingerprint density at radius 2 is 0.936 bits per heavy atom. The Labute approximate surface area is 277 Å². The van der Waals surface area contributed by atoms with Gasteiger partial charge in [0.05, 0.1) is 0 Å². The van der Waals surface area contributed by atoms with Crippen molar-refractivity contribution in [2.45, 2.75) is 33.1 Å². The van der Waals surface area contributed by atoms with Crippen LogP contribution in [0, 0.1) is 13.8 Å². The molecule has 0 nitrogen and oxygen atoms in total. The lowest BCUT2D eigenvalue weighted by molar-refractivity contribution is 0.660. The fourth-order valence-electron chi connectivity index (χ4n) is 8.22. The predicted molar refractivity (Wildman–Crippen MR) is 202 cm³/mol. The highest BCUT2D eigenvalue weighted by atomic mass is 14.4. The molecule has 0 atom stereocenters. The highest BCUT2D eigenvalue weighted by molar-refractivity contribution is 6.22. The molecule has 1 aliphatic rings. The summed E-state index contributed by atoms with van der Waals surface area (Å²) in [7, 11) is 0. The van der Waals surface area contributed by atoms with E-state index in [1.165, 1.54) is 99.1 Å². The summed E-state index contributed by atoms with van der Waals surface area (Å²) in [5.74, 6) is 0. The zero-order valence-corrected chi connectivity index (χ0v) is 27.4. The van der Waals surface area contributed by atoms with E-state index in [-0.39, 0.29) is 5.41 Å². The molecule has 0 saturated heterocycles. The van der Waals surface area contributed by atoms with E-state index in [9.17, 15) is 0 Å². The molecule has 0 N–H and O–H groups in total. The van der Waals surface area contributed by atoms with Gasteiger partial charge in [-0.2, -0.15) is 0 Å². The molecule has 9 rings (SSSR count). The van der Waals surface area contributed by atoms with Gasteiger partial charge in [0.2, 0.25) is 0 Å². The largest absolute Gasteiger partial charge is 0.0619 e. The first kappa shape index (κ1) is 27.8. The summed E-state index contributed by atoms with van der Waals surface area (Å²) in [6.07, 6.45) is 0. The number of hydrogen-bond donors (Lipinski definition) is 0. The summed E-state index contributed by atoms with van der Waals surface area (Å²) in [6, 6.07) is 54.7. The highest BCUT2D eigenvalue weighted by Gasteiger charge is 2.35. The van der Waals surface area contributed by atoms with Gasteiger partial charge in [-0.3, -0.25) is 0 Å².